The molecule has 0 aromatic rings. The number of hydrogen-bond acceptors (Lipinski definition) is 0. The molecule has 0 heteroatoms. The maximum atomic E-state index is 2.60. The summed E-state index contributed by atoms with van der Waals surface area (Å²) < 4.78 is 0. The van der Waals surface area contributed by atoms with Gasteiger partial charge in [-0.25, -0.2) is 0 Å². The first-order chi connectivity index (χ1) is 8.42. The highest BCUT2D eigenvalue weighted by Crippen LogP contribution is 2.68. The molecule has 0 amide bonds. The number of allylic oxidation sites excluding steroid dienone is 4. The first-order valence-electron chi connectivity index (χ1n) is 7.79. The Kier molecular flexibility index (Phi) is 1.70. The average Bonchev–Trinajstić information content (AvgIpc) is 3.13. The van der Waals surface area contributed by atoms with Crippen molar-refractivity contribution in [2.24, 2.45) is 41.4 Å². The highest BCUT2D eigenvalue weighted by atomic mass is 14.7. The van der Waals surface area contributed by atoms with Crippen LogP contribution in [0.2, 0.25) is 0 Å². The van der Waals surface area contributed by atoms with Gasteiger partial charge in [-0.05, 0) is 80.0 Å². The van der Waals surface area contributed by atoms with Gasteiger partial charge in [-0.3, -0.25) is 0 Å². The molecule has 5 aliphatic rings. The Morgan fingerprint density at radius 2 is 1.82 bits per heavy atom. The van der Waals surface area contributed by atoms with Crippen LogP contribution in [0.1, 0.15) is 38.5 Å². The third-order valence-electron chi connectivity index (χ3n) is 6.82. The van der Waals surface area contributed by atoms with Crippen LogP contribution in [-0.4, -0.2) is 0 Å². The zero-order valence-corrected chi connectivity index (χ0v) is 10.5. The number of rotatable bonds is 1. The zero-order valence-electron chi connectivity index (χ0n) is 10.5. The summed E-state index contributed by atoms with van der Waals surface area (Å²) in [6.45, 7) is 0. The van der Waals surface area contributed by atoms with Crippen molar-refractivity contribution in [3.63, 3.8) is 0 Å². The minimum atomic E-state index is 0.991. The molecule has 3 saturated carbocycles. The molecule has 17 heavy (non-hydrogen) atoms. The molecule has 3 fully saturated rings. The molecular formula is C17H22. The summed E-state index contributed by atoms with van der Waals surface area (Å²) in [5.74, 6) is 7.44. The quantitative estimate of drug-likeness (QED) is 0.464. The predicted molar refractivity (Wildman–Crippen MR) is 69.4 cm³/mol. The van der Waals surface area contributed by atoms with Crippen LogP contribution in [0.15, 0.2) is 23.8 Å². The molecule has 0 N–H and O–H groups in total. The molecule has 0 aromatic heterocycles. The largest absolute Gasteiger partial charge is 0.0850 e. The molecule has 0 aliphatic heterocycles. The van der Waals surface area contributed by atoms with E-state index in [2.05, 4.69) is 18.2 Å². The van der Waals surface area contributed by atoms with Crippen LogP contribution >= 0.6 is 0 Å². The minimum absolute atomic E-state index is 0.991. The van der Waals surface area contributed by atoms with E-state index in [-0.39, 0.29) is 0 Å². The van der Waals surface area contributed by atoms with E-state index in [0.29, 0.717) is 0 Å². The Morgan fingerprint density at radius 1 is 0.941 bits per heavy atom. The van der Waals surface area contributed by atoms with Crippen LogP contribution in [0.4, 0.5) is 0 Å². The van der Waals surface area contributed by atoms with Crippen molar-refractivity contribution in [2.75, 3.05) is 0 Å². The SMILES string of the molecule is C1=CC2CC1C1C3CC(C4=CCCC4)C(C3)C21. The van der Waals surface area contributed by atoms with Crippen LogP contribution in [0.3, 0.4) is 0 Å². The molecule has 0 aromatic carbocycles. The van der Waals surface area contributed by atoms with Crippen molar-refractivity contribution in [1.82, 2.24) is 0 Å². The molecule has 0 nitrogen and oxygen atoms in total. The van der Waals surface area contributed by atoms with E-state index < -0.39 is 0 Å². The van der Waals surface area contributed by atoms with Gasteiger partial charge in [0.05, 0.1) is 0 Å². The van der Waals surface area contributed by atoms with Crippen molar-refractivity contribution in [3.05, 3.63) is 23.8 Å². The van der Waals surface area contributed by atoms with E-state index in [1.807, 2.05) is 5.57 Å². The Bertz CT molecular complexity index is 416. The first-order valence-corrected chi connectivity index (χ1v) is 7.79. The molecule has 5 aliphatic carbocycles. The predicted octanol–water partition coefficient (Wildman–Crippen LogP) is 4.19. The van der Waals surface area contributed by atoms with Crippen molar-refractivity contribution >= 4 is 0 Å². The molecule has 7 atom stereocenters. The van der Waals surface area contributed by atoms with Crippen LogP contribution in [0.5, 0.6) is 0 Å². The van der Waals surface area contributed by atoms with Crippen LogP contribution < -0.4 is 0 Å². The van der Waals surface area contributed by atoms with Gasteiger partial charge in [0.2, 0.25) is 0 Å². The van der Waals surface area contributed by atoms with Crippen molar-refractivity contribution < 1.29 is 0 Å². The second-order valence-corrected chi connectivity index (χ2v) is 7.28. The van der Waals surface area contributed by atoms with Gasteiger partial charge in [-0.15, -0.1) is 0 Å². The van der Waals surface area contributed by atoms with Gasteiger partial charge in [0, 0.05) is 0 Å². The Hall–Kier alpha value is -0.520. The van der Waals surface area contributed by atoms with Gasteiger partial charge in [-0.1, -0.05) is 23.8 Å². The van der Waals surface area contributed by atoms with E-state index in [1.165, 1.54) is 25.7 Å². The summed E-state index contributed by atoms with van der Waals surface area (Å²) in [7, 11) is 0. The van der Waals surface area contributed by atoms with E-state index in [1.54, 1.807) is 12.8 Å². The molecule has 0 heterocycles. The highest BCUT2D eigenvalue weighted by Gasteiger charge is 2.61. The molecular weight excluding hydrogens is 204 g/mol. The summed E-state index contributed by atoms with van der Waals surface area (Å²) in [5.41, 5.74) is 1.88. The minimum Gasteiger partial charge on any atom is -0.0850 e. The second kappa shape index (κ2) is 3.08. The molecule has 90 valence electrons. The fourth-order valence-corrected chi connectivity index (χ4v) is 6.47. The lowest BCUT2D eigenvalue weighted by atomic mass is 9.67. The second-order valence-electron chi connectivity index (χ2n) is 7.28. The van der Waals surface area contributed by atoms with Crippen LogP contribution in [0.25, 0.3) is 0 Å². The van der Waals surface area contributed by atoms with Gasteiger partial charge in [0.25, 0.3) is 0 Å². The molecule has 4 bridgehead atoms. The van der Waals surface area contributed by atoms with Gasteiger partial charge >= 0.3 is 0 Å². The lowest BCUT2D eigenvalue weighted by molar-refractivity contribution is 0.166. The smallest absolute Gasteiger partial charge is 0.0169 e. The molecule has 7 unspecified atom stereocenters. The number of hydrogen-bond donors (Lipinski definition) is 0. The molecule has 0 saturated heterocycles. The zero-order chi connectivity index (χ0) is 11.0. The standard InChI is InChI=1S/C17H22/c1-2-4-10(3-1)14-8-13-9-15(14)17-12-6-5-11(7-12)16(13)17/h3,5-6,11-17H,1-2,4,7-9H2. The first kappa shape index (κ1) is 9.42. The third-order valence-corrected chi connectivity index (χ3v) is 6.82. The summed E-state index contributed by atoms with van der Waals surface area (Å²) in [4.78, 5) is 0. The van der Waals surface area contributed by atoms with E-state index in [0.717, 1.165) is 41.4 Å². The van der Waals surface area contributed by atoms with Gasteiger partial charge in [0.1, 0.15) is 0 Å². The molecule has 0 spiro atoms. The van der Waals surface area contributed by atoms with Crippen molar-refractivity contribution in [1.29, 1.82) is 0 Å². The van der Waals surface area contributed by atoms with Gasteiger partial charge in [0.15, 0.2) is 0 Å². The molecule has 5 rings (SSSR count). The topological polar surface area (TPSA) is 0 Å². The van der Waals surface area contributed by atoms with Crippen molar-refractivity contribution in [3.8, 4) is 0 Å². The fourth-order valence-electron chi connectivity index (χ4n) is 6.47. The summed E-state index contributed by atoms with van der Waals surface area (Å²) in [6, 6.07) is 0. The maximum Gasteiger partial charge on any atom is -0.0169 e. The molecule has 0 radical (unpaired) electrons. The maximum absolute atomic E-state index is 2.60. The third kappa shape index (κ3) is 1.06. The monoisotopic (exact) mass is 226 g/mol. The van der Waals surface area contributed by atoms with Crippen LogP contribution in [0, 0.1) is 41.4 Å². The summed E-state index contributed by atoms with van der Waals surface area (Å²) in [5, 5.41) is 0. The van der Waals surface area contributed by atoms with E-state index in [4.69, 9.17) is 0 Å². The lowest BCUT2D eigenvalue weighted by Crippen LogP contribution is -2.31. The van der Waals surface area contributed by atoms with E-state index in [9.17, 15) is 0 Å². The number of fused-ring (bicyclic) bond motifs is 9. The normalized spacial score (nSPS) is 57.9. The van der Waals surface area contributed by atoms with Gasteiger partial charge in [-0.2, -0.15) is 0 Å². The highest BCUT2D eigenvalue weighted by molar-refractivity contribution is 5.25. The Balaban J connectivity index is 1.50. The van der Waals surface area contributed by atoms with Gasteiger partial charge < -0.3 is 0 Å². The Labute approximate surface area is 104 Å². The average molecular weight is 226 g/mol. The summed E-state index contributed by atoms with van der Waals surface area (Å²) >= 11 is 0. The van der Waals surface area contributed by atoms with Crippen LogP contribution in [-0.2, 0) is 0 Å². The lowest BCUT2D eigenvalue weighted by Gasteiger charge is -2.37. The van der Waals surface area contributed by atoms with Crippen molar-refractivity contribution in [2.45, 2.75) is 38.5 Å². The fraction of sp³-hybridized carbons (Fsp3) is 0.765. The summed E-state index contributed by atoms with van der Waals surface area (Å²) in [6.07, 6.45) is 16.7. The Morgan fingerprint density at radius 3 is 2.65 bits per heavy atom. The van der Waals surface area contributed by atoms with E-state index >= 15 is 0 Å².